The maximum Gasteiger partial charge on any atom is 0.0933 e. The third kappa shape index (κ3) is 7.86. The van der Waals surface area contributed by atoms with E-state index in [-0.39, 0.29) is 6.10 Å². The molecule has 0 radical (unpaired) electrons. The van der Waals surface area contributed by atoms with Gasteiger partial charge in [0.2, 0.25) is 0 Å². The monoisotopic (exact) mass is 284 g/mol. The van der Waals surface area contributed by atoms with Crippen LogP contribution < -0.4 is 0 Å². The van der Waals surface area contributed by atoms with Crippen LogP contribution in [0.1, 0.15) is 74.1 Å². The average Bonchev–Trinajstić information content (AvgIpc) is 3.00. The predicted molar refractivity (Wildman–Crippen MR) is 89.9 cm³/mol. The van der Waals surface area contributed by atoms with Crippen LogP contribution in [0.2, 0.25) is 0 Å². The molecule has 1 aliphatic carbocycles. The minimum Gasteiger partial charge on any atom is -0.252 e. The normalized spacial score (nSPS) is 23.7. The zero-order chi connectivity index (χ0) is 16.0. The Hall–Kier alpha value is -0.600. The zero-order valence-corrected chi connectivity index (χ0v) is 14.6. The second-order valence-electron chi connectivity index (χ2n) is 4.76. The maximum atomic E-state index is 8.78. The topological polar surface area (TPSA) is 29.5 Å². The zero-order valence-electron chi connectivity index (χ0n) is 14.6. The van der Waals surface area contributed by atoms with E-state index in [1.807, 2.05) is 34.6 Å². The Kier molecular flexibility index (Phi) is 16.1. The summed E-state index contributed by atoms with van der Waals surface area (Å²) in [4.78, 5) is 4.49. The van der Waals surface area contributed by atoms with Gasteiger partial charge in [-0.15, -0.1) is 0 Å². The molecule has 0 aromatic heterocycles. The highest BCUT2D eigenvalue weighted by Gasteiger charge is 2.32. The first-order chi connectivity index (χ1) is 9.70. The summed E-state index contributed by atoms with van der Waals surface area (Å²) in [6, 6.07) is 0. The number of hydrogen-bond acceptors (Lipinski definition) is 2. The number of hydrogen-bond donors (Lipinski definition) is 1. The fourth-order valence-corrected chi connectivity index (χ4v) is 2.67. The predicted octanol–water partition coefficient (Wildman–Crippen LogP) is 6.25. The summed E-state index contributed by atoms with van der Waals surface area (Å²) in [6.45, 7) is 14.3. The van der Waals surface area contributed by atoms with Gasteiger partial charge in [0, 0.05) is 0 Å². The van der Waals surface area contributed by atoms with Crippen LogP contribution in [0.25, 0.3) is 0 Å². The smallest absolute Gasteiger partial charge is 0.0933 e. The summed E-state index contributed by atoms with van der Waals surface area (Å²) in [6.07, 6.45) is 11.2. The molecule has 0 aliphatic heterocycles. The lowest BCUT2D eigenvalue weighted by atomic mass is 9.86. The van der Waals surface area contributed by atoms with Crippen LogP contribution in [0.5, 0.6) is 0 Å². The fourth-order valence-electron chi connectivity index (χ4n) is 2.67. The number of rotatable bonds is 5. The van der Waals surface area contributed by atoms with Crippen LogP contribution >= 0.6 is 0 Å². The van der Waals surface area contributed by atoms with Gasteiger partial charge in [-0.25, -0.2) is 4.89 Å². The lowest BCUT2D eigenvalue weighted by Gasteiger charge is -2.24. The van der Waals surface area contributed by atoms with Crippen molar-refractivity contribution in [2.75, 3.05) is 0 Å². The molecule has 1 N–H and O–H groups in total. The quantitative estimate of drug-likeness (QED) is 0.367. The highest BCUT2D eigenvalue weighted by molar-refractivity contribution is 5.15. The summed E-state index contributed by atoms with van der Waals surface area (Å²) in [5.74, 6) is 1.04. The molecular formula is C18H36O2. The molecule has 0 amide bonds. The Morgan fingerprint density at radius 1 is 1.25 bits per heavy atom. The van der Waals surface area contributed by atoms with Crippen LogP contribution in [-0.2, 0) is 4.89 Å². The van der Waals surface area contributed by atoms with Gasteiger partial charge in [0.1, 0.15) is 0 Å². The standard InChI is InChI=1S/C14H24O2.2C2H6/c1-4-5-6-8-11(2)13-9-7-10-14(13)12(3)16-15;2*1-2/h5-6,8,12-15H,4,7,9-10H2,1-3H3;2*1-2H3/b6-5-,11-8+;;. The van der Waals surface area contributed by atoms with Gasteiger partial charge in [0.15, 0.2) is 0 Å². The highest BCUT2D eigenvalue weighted by atomic mass is 17.1. The van der Waals surface area contributed by atoms with Crippen molar-refractivity contribution in [2.24, 2.45) is 11.8 Å². The molecule has 2 heteroatoms. The van der Waals surface area contributed by atoms with Crippen LogP contribution in [0.15, 0.2) is 23.8 Å². The highest BCUT2D eigenvalue weighted by Crippen LogP contribution is 2.39. The fraction of sp³-hybridized carbons (Fsp3) is 0.778. The van der Waals surface area contributed by atoms with Crippen molar-refractivity contribution >= 4 is 0 Å². The molecule has 3 unspecified atom stereocenters. The van der Waals surface area contributed by atoms with Crippen LogP contribution in [-0.4, -0.2) is 11.4 Å². The molecule has 0 spiro atoms. The van der Waals surface area contributed by atoms with Crippen LogP contribution in [0.3, 0.4) is 0 Å². The second kappa shape index (κ2) is 14.8. The van der Waals surface area contributed by atoms with E-state index in [1.54, 1.807) is 0 Å². The molecule has 120 valence electrons. The first kappa shape index (κ1) is 21.7. The van der Waals surface area contributed by atoms with Crippen LogP contribution in [0, 0.1) is 11.8 Å². The van der Waals surface area contributed by atoms with Crippen molar-refractivity contribution < 1.29 is 10.1 Å². The summed E-state index contributed by atoms with van der Waals surface area (Å²) < 4.78 is 0. The molecule has 1 rings (SSSR count). The molecule has 2 nitrogen and oxygen atoms in total. The molecule has 1 saturated carbocycles. The lowest BCUT2D eigenvalue weighted by Crippen LogP contribution is -2.23. The first-order valence-electron chi connectivity index (χ1n) is 8.34. The van der Waals surface area contributed by atoms with Gasteiger partial charge in [0.05, 0.1) is 6.10 Å². The molecule has 1 fully saturated rings. The van der Waals surface area contributed by atoms with E-state index in [9.17, 15) is 0 Å². The molecule has 0 heterocycles. The maximum absolute atomic E-state index is 8.78. The van der Waals surface area contributed by atoms with Crippen LogP contribution in [0.4, 0.5) is 0 Å². The molecular weight excluding hydrogens is 248 g/mol. The first-order valence-corrected chi connectivity index (χ1v) is 8.34. The van der Waals surface area contributed by atoms with Gasteiger partial charge in [-0.05, 0) is 44.9 Å². The average molecular weight is 284 g/mol. The molecule has 0 aromatic rings. The Bertz CT molecular complexity index is 256. The van der Waals surface area contributed by atoms with E-state index in [1.165, 1.54) is 18.4 Å². The van der Waals surface area contributed by atoms with Crippen molar-refractivity contribution in [2.45, 2.75) is 80.3 Å². The van der Waals surface area contributed by atoms with E-state index >= 15 is 0 Å². The van der Waals surface area contributed by atoms with Gasteiger partial charge in [-0.1, -0.05) is 64.8 Å². The Labute approximate surface area is 126 Å². The van der Waals surface area contributed by atoms with Crippen molar-refractivity contribution in [1.29, 1.82) is 0 Å². The molecule has 0 bridgehead atoms. The van der Waals surface area contributed by atoms with Crippen molar-refractivity contribution in [3.05, 3.63) is 23.8 Å². The minimum atomic E-state index is -0.0500. The van der Waals surface area contributed by atoms with Crippen molar-refractivity contribution in [1.82, 2.24) is 0 Å². The van der Waals surface area contributed by atoms with E-state index < -0.39 is 0 Å². The summed E-state index contributed by atoms with van der Waals surface area (Å²) >= 11 is 0. The Morgan fingerprint density at radius 2 is 1.85 bits per heavy atom. The van der Waals surface area contributed by atoms with Crippen molar-refractivity contribution in [3.8, 4) is 0 Å². The molecule has 3 atom stereocenters. The SMILES string of the molecule is CC.CC.CC/C=C\C=C(/C)C1CCCC1C(C)OO. The third-order valence-electron chi connectivity index (χ3n) is 3.65. The van der Waals surface area contributed by atoms with E-state index in [0.29, 0.717) is 11.8 Å². The van der Waals surface area contributed by atoms with Gasteiger partial charge >= 0.3 is 0 Å². The number of allylic oxidation sites excluding steroid dienone is 4. The third-order valence-corrected chi connectivity index (χ3v) is 3.65. The van der Waals surface area contributed by atoms with Gasteiger partial charge in [-0.3, -0.25) is 5.26 Å². The van der Waals surface area contributed by atoms with Crippen molar-refractivity contribution in [3.63, 3.8) is 0 Å². The minimum absolute atomic E-state index is 0.0500. The molecule has 0 aromatic carbocycles. The van der Waals surface area contributed by atoms with Gasteiger partial charge < -0.3 is 0 Å². The Morgan fingerprint density at radius 3 is 2.35 bits per heavy atom. The molecule has 0 saturated heterocycles. The Balaban J connectivity index is 0. The summed E-state index contributed by atoms with van der Waals surface area (Å²) in [7, 11) is 0. The molecule has 20 heavy (non-hydrogen) atoms. The van der Waals surface area contributed by atoms with Gasteiger partial charge in [-0.2, -0.15) is 0 Å². The van der Waals surface area contributed by atoms with Gasteiger partial charge in [0.25, 0.3) is 0 Å². The van der Waals surface area contributed by atoms with E-state index in [2.05, 4.69) is 37.0 Å². The van der Waals surface area contributed by atoms with E-state index in [4.69, 9.17) is 5.26 Å². The summed E-state index contributed by atoms with van der Waals surface area (Å²) in [5, 5.41) is 8.78. The summed E-state index contributed by atoms with van der Waals surface area (Å²) in [5.41, 5.74) is 1.41. The largest absolute Gasteiger partial charge is 0.252 e. The van der Waals surface area contributed by atoms with E-state index in [0.717, 1.165) is 12.8 Å². The lowest BCUT2D eigenvalue weighted by molar-refractivity contribution is -0.286. The second-order valence-corrected chi connectivity index (χ2v) is 4.76. The molecule has 1 aliphatic rings.